The molecule has 0 saturated carbocycles. The third-order valence-electron chi connectivity index (χ3n) is 3.28. The Kier molecular flexibility index (Phi) is 5.29. The predicted molar refractivity (Wildman–Crippen MR) is 84.5 cm³/mol. The second-order valence-corrected chi connectivity index (χ2v) is 5.96. The van der Waals surface area contributed by atoms with Crippen LogP contribution in [0.2, 0.25) is 0 Å². The molecule has 1 N–H and O–H groups in total. The van der Waals surface area contributed by atoms with E-state index in [1.807, 2.05) is 6.92 Å². The molecule has 4 heteroatoms. The lowest BCUT2D eigenvalue weighted by molar-refractivity contribution is 0.197. The van der Waals surface area contributed by atoms with Crippen molar-refractivity contribution in [1.29, 1.82) is 0 Å². The number of rotatable bonds is 6. The minimum Gasteiger partial charge on any atom is -0.383 e. The number of benzene rings is 1. The fraction of sp³-hybridized carbons (Fsp3) is 0.438. The third kappa shape index (κ3) is 3.66. The van der Waals surface area contributed by atoms with Crippen molar-refractivity contribution >= 4 is 11.3 Å². The first-order valence-corrected chi connectivity index (χ1v) is 7.71. The Morgan fingerprint density at radius 3 is 2.75 bits per heavy atom. The number of hydrogen-bond acceptors (Lipinski definition) is 4. The van der Waals surface area contributed by atoms with Gasteiger partial charge in [-0.1, -0.05) is 23.8 Å². The predicted octanol–water partition coefficient (Wildman–Crippen LogP) is 3.39. The minimum absolute atomic E-state index is 0.142. The molecule has 2 rings (SSSR count). The summed E-state index contributed by atoms with van der Waals surface area (Å²) in [5.41, 5.74) is 4.94. The number of nitrogens with one attached hydrogen (secondary N) is 1. The monoisotopic (exact) mass is 290 g/mol. The van der Waals surface area contributed by atoms with Crippen LogP contribution >= 0.6 is 11.3 Å². The minimum atomic E-state index is 0.142. The molecule has 1 heterocycles. The van der Waals surface area contributed by atoms with Crippen LogP contribution in [-0.4, -0.2) is 25.2 Å². The number of ether oxygens (including phenoxy) is 1. The highest BCUT2D eigenvalue weighted by Gasteiger charge is 2.18. The van der Waals surface area contributed by atoms with Gasteiger partial charge in [0.05, 0.1) is 12.6 Å². The molecule has 0 aliphatic carbocycles. The summed E-state index contributed by atoms with van der Waals surface area (Å²) in [5.74, 6) is 0. The van der Waals surface area contributed by atoms with Crippen LogP contribution in [0.5, 0.6) is 0 Å². The first-order chi connectivity index (χ1) is 9.61. The largest absolute Gasteiger partial charge is 0.383 e. The second kappa shape index (κ2) is 6.97. The van der Waals surface area contributed by atoms with Crippen LogP contribution in [0.3, 0.4) is 0 Å². The van der Waals surface area contributed by atoms with E-state index in [1.165, 1.54) is 16.7 Å². The Balaban J connectivity index is 2.32. The molecule has 1 aromatic heterocycles. The second-order valence-electron chi connectivity index (χ2n) is 5.07. The highest BCUT2D eigenvalue weighted by atomic mass is 32.1. The van der Waals surface area contributed by atoms with Gasteiger partial charge in [-0.3, -0.25) is 0 Å². The van der Waals surface area contributed by atoms with E-state index in [1.54, 1.807) is 18.4 Å². The molecule has 1 aromatic carbocycles. The van der Waals surface area contributed by atoms with Crippen LogP contribution in [0.1, 0.15) is 33.4 Å². The third-order valence-corrected chi connectivity index (χ3v) is 4.31. The number of aryl methyl sites for hydroxylation is 3. The first-order valence-electron chi connectivity index (χ1n) is 6.83. The average Bonchev–Trinajstić information content (AvgIpc) is 2.84. The van der Waals surface area contributed by atoms with E-state index in [4.69, 9.17) is 4.74 Å². The van der Waals surface area contributed by atoms with Crippen LogP contribution in [0.4, 0.5) is 0 Å². The lowest BCUT2D eigenvalue weighted by Crippen LogP contribution is -2.26. The van der Waals surface area contributed by atoms with Crippen molar-refractivity contribution in [2.75, 3.05) is 20.3 Å². The molecule has 0 amide bonds. The zero-order valence-corrected chi connectivity index (χ0v) is 13.4. The molecule has 0 fully saturated rings. The molecule has 108 valence electrons. The molecule has 1 atom stereocenters. The topological polar surface area (TPSA) is 34.1 Å². The van der Waals surface area contributed by atoms with Gasteiger partial charge >= 0.3 is 0 Å². The molecule has 0 spiro atoms. The summed E-state index contributed by atoms with van der Waals surface area (Å²) in [4.78, 5) is 4.65. The van der Waals surface area contributed by atoms with Gasteiger partial charge in [0.1, 0.15) is 5.01 Å². The van der Waals surface area contributed by atoms with Gasteiger partial charge in [0.2, 0.25) is 0 Å². The molecule has 0 radical (unpaired) electrons. The maximum Gasteiger partial charge on any atom is 0.114 e. The van der Waals surface area contributed by atoms with Crippen molar-refractivity contribution in [2.24, 2.45) is 0 Å². The van der Waals surface area contributed by atoms with Crippen molar-refractivity contribution in [1.82, 2.24) is 10.3 Å². The number of nitrogens with zero attached hydrogens (tertiary/aromatic N) is 1. The van der Waals surface area contributed by atoms with Gasteiger partial charge in [0.25, 0.3) is 0 Å². The molecule has 0 saturated heterocycles. The molecule has 0 bridgehead atoms. The van der Waals surface area contributed by atoms with Gasteiger partial charge in [0, 0.05) is 24.7 Å². The van der Waals surface area contributed by atoms with E-state index >= 15 is 0 Å². The van der Waals surface area contributed by atoms with E-state index in [-0.39, 0.29) is 6.04 Å². The van der Waals surface area contributed by atoms with Gasteiger partial charge in [-0.05, 0) is 31.9 Å². The van der Waals surface area contributed by atoms with Gasteiger partial charge in [-0.15, -0.1) is 11.3 Å². The maximum atomic E-state index is 5.14. The quantitative estimate of drug-likeness (QED) is 0.828. The van der Waals surface area contributed by atoms with Crippen molar-refractivity contribution in [3.05, 3.63) is 51.0 Å². The molecule has 1 unspecified atom stereocenters. The van der Waals surface area contributed by atoms with E-state index in [0.717, 1.165) is 17.2 Å². The number of methoxy groups -OCH3 is 1. The summed E-state index contributed by atoms with van der Waals surface area (Å²) in [6.45, 7) is 7.83. The van der Waals surface area contributed by atoms with Crippen LogP contribution in [0, 0.1) is 20.8 Å². The van der Waals surface area contributed by atoms with Crippen LogP contribution in [-0.2, 0) is 4.74 Å². The molecule has 2 aromatic rings. The van der Waals surface area contributed by atoms with Gasteiger partial charge < -0.3 is 10.1 Å². The molecule has 0 aliphatic heterocycles. The molecule has 3 nitrogen and oxygen atoms in total. The van der Waals surface area contributed by atoms with E-state index in [0.29, 0.717) is 6.61 Å². The number of hydrogen-bond donors (Lipinski definition) is 1. The summed E-state index contributed by atoms with van der Waals surface area (Å²) in [5, 5.41) is 6.78. The summed E-state index contributed by atoms with van der Waals surface area (Å²) in [7, 11) is 1.72. The zero-order valence-electron chi connectivity index (χ0n) is 12.6. The summed E-state index contributed by atoms with van der Waals surface area (Å²) in [6.07, 6.45) is 0. The van der Waals surface area contributed by atoms with Crippen LogP contribution in [0.15, 0.2) is 23.6 Å². The Morgan fingerprint density at radius 2 is 2.10 bits per heavy atom. The Labute approximate surface area is 125 Å². The average molecular weight is 290 g/mol. The Bertz CT molecular complexity index is 565. The smallest absolute Gasteiger partial charge is 0.114 e. The summed E-state index contributed by atoms with van der Waals surface area (Å²) in [6, 6.07) is 6.72. The number of aromatic nitrogens is 1. The highest BCUT2D eigenvalue weighted by molar-refractivity contribution is 7.09. The van der Waals surface area contributed by atoms with Crippen molar-refractivity contribution in [3.8, 4) is 0 Å². The van der Waals surface area contributed by atoms with Gasteiger partial charge in [-0.2, -0.15) is 0 Å². The SMILES string of the molecule is COCCNC(c1nc(C)cs1)c1cc(C)ccc1C. The Morgan fingerprint density at radius 1 is 1.30 bits per heavy atom. The molecule has 20 heavy (non-hydrogen) atoms. The lowest BCUT2D eigenvalue weighted by atomic mass is 9.99. The fourth-order valence-corrected chi connectivity index (χ4v) is 3.10. The lowest BCUT2D eigenvalue weighted by Gasteiger charge is -2.19. The van der Waals surface area contributed by atoms with E-state index in [2.05, 4.69) is 47.7 Å². The van der Waals surface area contributed by atoms with E-state index in [9.17, 15) is 0 Å². The normalized spacial score (nSPS) is 12.6. The molecule has 0 aliphatic rings. The van der Waals surface area contributed by atoms with Crippen molar-refractivity contribution in [3.63, 3.8) is 0 Å². The van der Waals surface area contributed by atoms with Crippen LogP contribution in [0.25, 0.3) is 0 Å². The maximum absolute atomic E-state index is 5.14. The number of thiazole rings is 1. The molecular formula is C16H22N2OS. The first kappa shape index (κ1) is 15.2. The Hall–Kier alpha value is -1.23. The van der Waals surface area contributed by atoms with E-state index < -0.39 is 0 Å². The standard InChI is InChI=1S/C16H22N2OS/c1-11-5-6-12(2)14(9-11)15(17-7-8-19-4)16-18-13(3)10-20-16/h5-6,9-10,15,17H,7-8H2,1-4H3. The van der Waals surface area contributed by atoms with Crippen molar-refractivity contribution < 1.29 is 4.74 Å². The fourth-order valence-electron chi connectivity index (χ4n) is 2.21. The highest BCUT2D eigenvalue weighted by Crippen LogP contribution is 2.28. The van der Waals surface area contributed by atoms with Gasteiger partial charge in [0.15, 0.2) is 0 Å². The van der Waals surface area contributed by atoms with Gasteiger partial charge in [-0.25, -0.2) is 4.98 Å². The van der Waals surface area contributed by atoms with Crippen LogP contribution < -0.4 is 5.32 Å². The summed E-state index contributed by atoms with van der Waals surface area (Å²) < 4.78 is 5.14. The summed E-state index contributed by atoms with van der Waals surface area (Å²) >= 11 is 1.71. The molecular weight excluding hydrogens is 268 g/mol. The van der Waals surface area contributed by atoms with Crippen molar-refractivity contribution in [2.45, 2.75) is 26.8 Å². The zero-order chi connectivity index (χ0) is 14.5.